The lowest BCUT2D eigenvalue weighted by atomic mass is 9.88. The maximum atomic E-state index is 12.8. The number of imide groups is 1. The predicted octanol–water partition coefficient (Wildman–Crippen LogP) is 3.69. The van der Waals surface area contributed by atoms with E-state index in [-0.39, 0.29) is 11.9 Å². The number of carbonyl (C=O) groups excluding carboxylic acids is 2. The van der Waals surface area contributed by atoms with E-state index in [4.69, 9.17) is 11.6 Å². The lowest BCUT2D eigenvalue weighted by molar-refractivity contribution is -0.131. The average molecular weight is 321 g/mol. The minimum absolute atomic E-state index is 0.162. The minimum atomic E-state index is -0.990. The van der Waals surface area contributed by atoms with Crippen LogP contribution in [0, 0.1) is 5.92 Å². The largest absolute Gasteiger partial charge is 0.325 e. The Morgan fingerprint density at radius 1 is 1.18 bits per heavy atom. The first kappa shape index (κ1) is 15.3. The summed E-state index contributed by atoms with van der Waals surface area (Å²) in [6.07, 6.45) is 5.87. The zero-order valence-electron chi connectivity index (χ0n) is 12.8. The first-order valence-electron chi connectivity index (χ1n) is 7.91. The summed E-state index contributed by atoms with van der Waals surface area (Å²) >= 11 is 5.90. The van der Waals surface area contributed by atoms with Gasteiger partial charge in [-0.05, 0) is 43.4 Å². The quantitative estimate of drug-likeness (QED) is 0.863. The van der Waals surface area contributed by atoms with Crippen LogP contribution in [0.1, 0.15) is 44.6 Å². The van der Waals surface area contributed by atoms with E-state index < -0.39 is 5.54 Å². The number of nitrogens with one attached hydrogen (secondary N) is 1. The van der Waals surface area contributed by atoms with E-state index in [9.17, 15) is 9.59 Å². The number of hydrogen-bond donors (Lipinski definition) is 1. The van der Waals surface area contributed by atoms with Crippen LogP contribution in [0.25, 0.3) is 0 Å². The molecule has 3 rings (SSSR count). The third-order valence-electron chi connectivity index (χ3n) is 4.86. The first-order chi connectivity index (χ1) is 10.5. The smallest absolute Gasteiger partial charge is 0.319 e. The maximum Gasteiger partial charge on any atom is 0.325 e. The molecule has 1 aromatic carbocycles. The van der Waals surface area contributed by atoms with E-state index in [0.29, 0.717) is 17.5 Å². The van der Waals surface area contributed by atoms with E-state index in [1.165, 1.54) is 24.2 Å². The monoisotopic (exact) mass is 320 g/mol. The number of carbonyl (C=O) groups is 2. The van der Waals surface area contributed by atoms with Crippen LogP contribution in [-0.4, -0.2) is 23.4 Å². The normalized spacial score (nSPS) is 26.4. The van der Waals surface area contributed by atoms with Crippen molar-refractivity contribution in [1.29, 1.82) is 0 Å². The van der Waals surface area contributed by atoms with E-state index in [1.807, 2.05) is 0 Å². The zero-order valence-corrected chi connectivity index (χ0v) is 13.5. The molecule has 1 saturated heterocycles. The van der Waals surface area contributed by atoms with Gasteiger partial charge in [0, 0.05) is 11.6 Å². The predicted molar refractivity (Wildman–Crippen MR) is 85.6 cm³/mol. The molecule has 0 bridgehead atoms. The van der Waals surface area contributed by atoms with Gasteiger partial charge in [-0.15, -0.1) is 0 Å². The Labute approximate surface area is 135 Å². The van der Waals surface area contributed by atoms with Crippen molar-refractivity contribution in [2.24, 2.45) is 5.92 Å². The molecule has 0 aromatic heterocycles. The van der Waals surface area contributed by atoms with Gasteiger partial charge >= 0.3 is 6.03 Å². The first-order valence-corrected chi connectivity index (χ1v) is 8.28. The lowest BCUT2D eigenvalue weighted by Crippen LogP contribution is -2.41. The number of urea groups is 1. The summed E-state index contributed by atoms with van der Waals surface area (Å²) in [6, 6.07) is 6.79. The summed E-state index contributed by atoms with van der Waals surface area (Å²) < 4.78 is 0. The van der Waals surface area contributed by atoms with E-state index in [2.05, 4.69) is 5.32 Å². The van der Waals surface area contributed by atoms with Crippen molar-refractivity contribution in [1.82, 2.24) is 10.2 Å². The van der Waals surface area contributed by atoms with E-state index in [0.717, 1.165) is 18.4 Å². The molecular weight excluding hydrogens is 300 g/mol. The van der Waals surface area contributed by atoms with Crippen molar-refractivity contribution < 1.29 is 9.59 Å². The van der Waals surface area contributed by atoms with Crippen LogP contribution in [-0.2, 0) is 10.3 Å². The summed E-state index contributed by atoms with van der Waals surface area (Å²) in [5.41, 5.74) is -0.225. The van der Waals surface area contributed by atoms with Gasteiger partial charge in [0.1, 0.15) is 5.54 Å². The Morgan fingerprint density at radius 2 is 1.82 bits per heavy atom. The number of benzene rings is 1. The van der Waals surface area contributed by atoms with Gasteiger partial charge in [-0.2, -0.15) is 0 Å². The number of halogens is 1. The summed E-state index contributed by atoms with van der Waals surface area (Å²) in [5.74, 6) is 0.279. The molecule has 2 fully saturated rings. The Hall–Kier alpha value is -1.55. The van der Waals surface area contributed by atoms with Crippen molar-refractivity contribution in [2.45, 2.75) is 44.6 Å². The molecule has 1 atom stereocenters. The third kappa shape index (κ3) is 2.72. The summed E-state index contributed by atoms with van der Waals surface area (Å²) in [5, 5.41) is 3.46. The molecule has 2 aliphatic rings. The van der Waals surface area contributed by atoms with Crippen molar-refractivity contribution in [2.75, 3.05) is 6.54 Å². The van der Waals surface area contributed by atoms with Gasteiger partial charge < -0.3 is 5.32 Å². The van der Waals surface area contributed by atoms with Gasteiger partial charge in [-0.3, -0.25) is 9.69 Å². The Balaban J connectivity index is 1.79. The topological polar surface area (TPSA) is 49.4 Å². The van der Waals surface area contributed by atoms with Crippen LogP contribution in [0.2, 0.25) is 5.02 Å². The van der Waals surface area contributed by atoms with Crippen LogP contribution in [0.5, 0.6) is 0 Å². The maximum absolute atomic E-state index is 12.8. The average Bonchev–Trinajstić information content (AvgIpc) is 2.73. The molecule has 4 nitrogen and oxygen atoms in total. The standard InChI is InChI=1S/C17H21ClN2O2/c1-17(13-7-9-14(18)10-8-13)15(21)20(16(22)19-17)11-12-5-3-2-4-6-12/h7-10,12H,2-6,11H2,1H3,(H,19,22). The van der Waals surface area contributed by atoms with E-state index in [1.54, 1.807) is 31.2 Å². The van der Waals surface area contributed by atoms with Crippen LogP contribution in [0.15, 0.2) is 24.3 Å². The number of hydrogen-bond acceptors (Lipinski definition) is 2. The van der Waals surface area contributed by atoms with Crippen LogP contribution < -0.4 is 5.32 Å². The number of rotatable bonds is 3. The fraction of sp³-hybridized carbons (Fsp3) is 0.529. The Bertz CT molecular complexity index is 581. The third-order valence-corrected chi connectivity index (χ3v) is 5.11. The fourth-order valence-corrected chi connectivity index (χ4v) is 3.60. The van der Waals surface area contributed by atoms with Gasteiger partial charge in [0.25, 0.3) is 5.91 Å². The highest BCUT2D eigenvalue weighted by atomic mass is 35.5. The molecule has 1 saturated carbocycles. The highest BCUT2D eigenvalue weighted by Gasteiger charge is 2.49. The zero-order chi connectivity index (χ0) is 15.7. The molecule has 1 unspecified atom stereocenters. The molecule has 5 heteroatoms. The number of amides is 3. The molecule has 118 valence electrons. The second-order valence-corrected chi connectivity index (χ2v) is 6.92. The minimum Gasteiger partial charge on any atom is -0.319 e. The van der Waals surface area contributed by atoms with Crippen molar-refractivity contribution >= 4 is 23.5 Å². The highest BCUT2D eigenvalue weighted by molar-refractivity contribution is 6.30. The molecule has 1 N–H and O–H groups in total. The molecule has 1 aromatic rings. The molecule has 3 amide bonds. The molecule has 0 radical (unpaired) electrons. The summed E-state index contributed by atoms with van der Waals surface area (Å²) in [6.45, 7) is 2.30. The second kappa shape index (κ2) is 5.92. The summed E-state index contributed by atoms with van der Waals surface area (Å²) in [4.78, 5) is 26.5. The van der Waals surface area contributed by atoms with Crippen molar-refractivity contribution in [3.8, 4) is 0 Å². The molecule has 1 heterocycles. The van der Waals surface area contributed by atoms with Gasteiger partial charge in [0.05, 0.1) is 0 Å². The van der Waals surface area contributed by atoms with Crippen molar-refractivity contribution in [3.63, 3.8) is 0 Å². The van der Waals surface area contributed by atoms with Crippen LogP contribution in [0.3, 0.4) is 0 Å². The SMILES string of the molecule is CC1(c2ccc(Cl)cc2)NC(=O)N(CC2CCCCC2)C1=O. The Morgan fingerprint density at radius 3 is 2.45 bits per heavy atom. The summed E-state index contributed by atoms with van der Waals surface area (Å²) in [7, 11) is 0. The van der Waals surface area contributed by atoms with Gasteiger partial charge in [-0.25, -0.2) is 4.79 Å². The number of nitrogens with zero attached hydrogens (tertiary/aromatic N) is 1. The second-order valence-electron chi connectivity index (χ2n) is 6.48. The van der Waals surface area contributed by atoms with Gasteiger partial charge in [0.2, 0.25) is 0 Å². The van der Waals surface area contributed by atoms with Crippen LogP contribution >= 0.6 is 11.6 Å². The highest BCUT2D eigenvalue weighted by Crippen LogP contribution is 2.32. The molecule has 1 aliphatic heterocycles. The van der Waals surface area contributed by atoms with Crippen LogP contribution in [0.4, 0.5) is 4.79 Å². The van der Waals surface area contributed by atoms with E-state index >= 15 is 0 Å². The molecular formula is C17H21ClN2O2. The lowest BCUT2D eigenvalue weighted by Gasteiger charge is -2.26. The Kier molecular flexibility index (Phi) is 4.13. The molecule has 22 heavy (non-hydrogen) atoms. The van der Waals surface area contributed by atoms with Gasteiger partial charge in [0.15, 0.2) is 0 Å². The fourth-order valence-electron chi connectivity index (χ4n) is 3.47. The molecule has 0 spiro atoms. The van der Waals surface area contributed by atoms with Gasteiger partial charge in [-0.1, -0.05) is 43.0 Å². The van der Waals surface area contributed by atoms with Crippen molar-refractivity contribution in [3.05, 3.63) is 34.9 Å². The molecule has 1 aliphatic carbocycles.